The minimum absolute atomic E-state index is 0.00783. The van der Waals surface area contributed by atoms with Crippen molar-refractivity contribution in [1.82, 2.24) is 4.90 Å². The maximum Gasteiger partial charge on any atom is 0.321 e. The molecule has 2 amide bonds. The quantitative estimate of drug-likeness (QED) is 0.900. The Kier molecular flexibility index (Phi) is 5.63. The molecule has 1 aliphatic heterocycles. The van der Waals surface area contributed by atoms with Gasteiger partial charge in [0.2, 0.25) is 0 Å². The minimum atomic E-state index is -0.281. The van der Waals surface area contributed by atoms with Crippen LogP contribution in [0.25, 0.3) is 11.1 Å². The fourth-order valence-corrected chi connectivity index (χ4v) is 2.79. The van der Waals surface area contributed by atoms with Gasteiger partial charge >= 0.3 is 6.03 Å². The first-order chi connectivity index (χ1) is 12.2. The molecule has 1 unspecified atom stereocenters. The summed E-state index contributed by atoms with van der Waals surface area (Å²) in [7, 11) is 0. The van der Waals surface area contributed by atoms with Crippen molar-refractivity contribution >= 4 is 11.7 Å². The molecule has 1 heterocycles. The Morgan fingerprint density at radius 3 is 2.76 bits per heavy atom. The Morgan fingerprint density at radius 2 is 2.04 bits per heavy atom. The molecule has 0 aromatic heterocycles. The number of carbonyl (C=O) groups is 1. The number of amides is 2. The van der Waals surface area contributed by atoms with E-state index in [0.29, 0.717) is 32.0 Å². The molecule has 0 saturated carbocycles. The summed E-state index contributed by atoms with van der Waals surface area (Å²) in [5.41, 5.74) is 2.32. The molecule has 132 valence electrons. The van der Waals surface area contributed by atoms with Crippen molar-refractivity contribution in [3.05, 3.63) is 54.3 Å². The summed E-state index contributed by atoms with van der Waals surface area (Å²) in [6.07, 6.45) is 0. The zero-order valence-corrected chi connectivity index (χ0v) is 13.8. The van der Waals surface area contributed by atoms with Crippen molar-refractivity contribution in [2.24, 2.45) is 5.92 Å². The second-order valence-corrected chi connectivity index (χ2v) is 6.09. The summed E-state index contributed by atoms with van der Waals surface area (Å²) in [4.78, 5) is 14.1. The van der Waals surface area contributed by atoms with Crippen LogP contribution in [-0.4, -0.2) is 48.9 Å². The van der Waals surface area contributed by atoms with Crippen LogP contribution >= 0.6 is 0 Å². The van der Waals surface area contributed by atoms with E-state index in [0.717, 1.165) is 11.1 Å². The number of hydrogen-bond acceptors (Lipinski definition) is 3. The number of halogens is 1. The van der Waals surface area contributed by atoms with Crippen molar-refractivity contribution in [1.29, 1.82) is 0 Å². The van der Waals surface area contributed by atoms with Gasteiger partial charge in [0.05, 0.1) is 13.2 Å². The van der Waals surface area contributed by atoms with E-state index >= 15 is 0 Å². The van der Waals surface area contributed by atoms with Gasteiger partial charge in [0.1, 0.15) is 5.82 Å². The van der Waals surface area contributed by atoms with Crippen molar-refractivity contribution < 1.29 is 19.0 Å². The number of ether oxygens (including phenoxy) is 1. The van der Waals surface area contributed by atoms with Gasteiger partial charge in [-0.3, -0.25) is 0 Å². The average molecular weight is 344 g/mol. The number of anilines is 1. The van der Waals surface area contributed by atoms with Crippen molar-refractivity contribution in [2.75, 3.05) is 38.2 Å². The third kappa shape index (κ3) is 4.55. The number of nitrogens with one attached hydrogen (secondary N) is 1. The largest absolute Gasteiger partial charge is 0.396 e. The van der Waals surface area contributed by atoms with E-state index in [2.05, 4.69) is 5.32 Å². The second kappa shape index (κ2) is 8.09. The highest BCUT2D eigenvalue weighted by Crippen LogP contribution is 2.22. The summed E-state index contributed by atoms with van der Waals surface area (Å²) in [5, 5.41) is 12.1. The number of benzene rings is 2. The van der Waals surface area contributed by atoms with Gasteiger partial charge in [-0.2, -0.15) is 0 Å². The summed E-state index contributed by atoms with van der Waals surface area (Å²) in [5.74, 6) is -0.347. The van der Waals surface area contributed by atoms with Crippen LogP contribution in [0.2, 0.25) is 0 Å². The molecule has 1 saturated heterocycles. The van der Waals surface area contributed by atoms with E-state index in [4.69, 9.17) is 4.74 Å². The fourth-order valence-electron chi connectivity index (χ4n) is 2.79. The smallest absolute Gasteiger partial charge is 0.321 e. The van der Waals surface area contributed by atoms with Crippen LogP contribution < -0.4 is 5.32 Å². The monoisotopic (exact) mass is 344 g/mol. The lowest BCUT2D eigenvalue weighted by Gasteiger charge is -2.23. The first kappa shape index (κ1) is 17.4. The summed E-state index contributed by atoms with van der Waals surface area (Å²) in [6, 6.07) is 13.4. The number of aliphatic hydroxyl groups excluding tert-OH is 1. The van der Waals surface area contributed by atoms with E-state index in [9.17, 15) is 14.3 Å². The Balaban J connectivity index is 1.65. The van der Waals surface area contributed by atoms with E-state index in [1.54, 1.807) is 23.1 Å². The fraction of sp³-hybridized carbons (Fsp3) is 0.316. The van der Waals surface area contributed by atoms with Gasteiger partial charge in [-0.05, 0) is 35.4 Å². The van der Waals surface area contributed by atoms with Gasteiger partial charge in [0.15, 0.2) is 0 Å². The molecule has 1 fully saturated rings. The van der Waals surface area contributed by atoms with Crippen LogP contribution in [0.5, 0.6) is 0 Å². The third-order valence-electron chi connectivity index (χ3n) is 4.18. The van der Waals surface area contributed by atoms with Crippen LogP contribution in [-0.2, 0) is 4.74 Å². The number of rotatable bonds is 3. The standard InChI is InChI=1S/C19H21FN2O3/c20-17-3-1-2-16(10-17)15-4-6-18(7-5-15)21-19(24)22-8-9-25-13-14(11-22)12-23/h1-7,10,14,23H,8-9,11-13H2,(H,21,24). The lowest BCUT2D eigenvalue weighted by atomic mass is 10.1. The molecule has 2 aromatic carbocycles. The highest BCUT2D eigenvalue weighted by molar-refractivity contribution is 5.89. The van der Waals surface area contributed by atoms with Crippen molar-refractivity contribution in [3.8, 4) is 11.1 Å². The van der Waals surface area contributed by atoms with E-state index < -0.39 is 0 Å². The first-order valence-corrected chi connectivity index (χ1v) is 8.26. The van der Waals surface area contributed by atoms with E-state index in [-0.39, 0.29) is 24.4 Å². The highest BCUT2D eigenvalue weighted by atomic mass is 19.1. The van der Waals surface area contributed by atoms with Crippen LogP contribution in [0.3, 0.4) is 0 Å². The molecule has 1 aliphatic rings. The number of urea groups is 1. The lowest BCUT2D eigenvalue weighted by Crippen LogP contribution is -2.39. The zero-order chi connectivity index (χ0) is 17.6. The van der Waals surface area contributed by atoms with Gasteiger partial charge in [-0.1, -0.05) is 24.3 Å². The molecule has 1 atom stereocenters. The number of aliphatic hydroxyl groups is 1. The van der Waals surface area contributed by atoms with E-state index in [1.807, 2.05) is 18.2 Å². The van der Waals surface area contributed by atoms with Crippen molar-refractivity contribution in [3.63, 3.8) is 0 Å². The molecule has 6 heteroatoms. The maximum atomic E-state index is 13.3. The predicted octanol–water partition coefficient (Wildman–Crippen LogP) is 2.97. The van der Waals surface area contributed by atoms with Gasteiger partial charge in [-0.25, -0.2) is 9.18 Å². The van der Waals surface area contributed by atoms with Crippen LogP contribution in [0, 0.1) is 11.7 Å². The molecule has 2 aromatic rings. The molecule has 5 nitrogen and oxygen atoms in total. The SMILES string of the molecule is O=C(Nc1ccc(-c2cccc(F)c2)cc1)N1CCOCC(CO)C1. The average Bonchev–Trinajstić information content (AvgIpc) is 2.88. The Hall–Kier alpha value is -2.44. The number of hydrogen-bond donors (Lipinski definition) is 2. The van der Waals surface area contributed by atoms with E-state index in [1.165, 1.54) is 12.1 Å². The highest BCUT2D eigenvalue weighted by Gasteiger charge is 2.22. The third-order valence-corrected chi connectivity index (χ3v) is 4.18. The molecule has 0 bridgehead atoms. The van der Waals surface area contributed by atoms with Crippen LogP contribution in [0.15, 0.2) is 48.5 Å². The van der Waals surface area contributed by atoms with Gasteiger partial charge in [0, 0.05) is 31.3 Å². The van der Waals surface area contributed by atoms with Gasteiger partial charge in [0.25, 0.3) is 0 Å². The topological polar surface area (TPSA) is 61.8 Å². The Morgan fingerprint density at radius 1 is 1.24 bits per heavy atom. The zero-order valence-electron chi connectivity index (χ0n) is 13.8. The Bertz CT molecular complexity index is 721. The molecule has 0 spiro atoms. The molecular formula is C19H21FN2O3. The van der Waals surface area contributed by atoms with Crippen LogP contribution in [0.1, 0.15) is 0 Å². The Labute approximate surface area is 146 Å². The van der Waals surface area contributed by atoms with Crippen molar-refractivity contribution in [2.45, 2.75) is 0 Å². The van der Waals surface area contributed by atoms with Gasteiger partial charge in [-0.15, -0.1) is 0 Å². The lowest BCUT2D eigenvalue weighted by molar-refractivity contribution is 0.0958. The molecule has 25 heavy (non-hydrogen) atoms. The molecule has 0 aliphatic carbocycles. The normalized spacial score (nSPS) is 17.8. The maximum absolute atomic E-state index is 13.3. The number of carbonyl (C=O) groups excluding carboxylic acids is 1. The van der Waals surface area contributed by atoms with Crippen LogP contribution in [0.4, 0.5) is 14.9 Å². The molecular weight excluding hydrogens is 323 g/mol. The summed E-state index contributed by atoms with van der Waals surface area (Å²) in [6.45, 7) is 1.87. The minimum Gasteiger partial charge on any atom is -0.396 e. The molecule has 2 N–H and O–H groups in total. The number of nitrogens with zero attached hydrogens (tertiary/aromatic N) is 1. The second-order valence-electron chi connectivity index (χ2n) is 6.09. The predicted molar refractivity (Wildman–Crippen MR) is 93.8 cm³/mol. The first-order valence-electron chi connectivity index (χ1n) is 8.26. The summed E-state index contributed by atoms with van der Waals surface area (Å²) < 4.78 is 18.7. The molecule has 3 rings (SSSR count). The van der Waals surface area contributed by atoms with Gasteiger partial charge < -0.3 is 20.1 Å². The molecule has 0 radical (unpaired) electrons. The summed E-state index contributed by atoms with van der Waals surface area (Å²) >= 11 is 0.